The molecule has 0 unspecified atom stereocenters. The first-order valence-corrected chi connectivity index (χ1v) is 8.04. The first-order chi connectivity index (χ1) is 11.2. The van der Waals surface area contributed by atoms with Crippen molar-refractivity contribution in [1.82, 2.24) is 4.90 Å². The Hall–Kier alpha value is -2.60. The second kappa shape index (κ2) is 6.66. The number of thiophene rings is 1. The van der Waals surface area contributed by atoms with Crippen molar-refractivity contribution in [2.24, 2.45) is 0 Å². The summed E-state index contributed by atoms with van der Waals surface area (Å²) < 4.78 is 5.37. The lowest BCUT2D eigenvalue weighted by molar-refractivity contribution is -0.118. The summed E-state index contributed by atoms with van der Waals surface area (Å²) in [4.78, 5) is 26.9. The van der Waals surface area contributed by atoms with E-state index in [0.717, 1.165) is 4.88 Å². The SMILES string of the molecule is C=CCN(Cc1cccs1)C(=O)c1ccc2c(c1)OCC(=O)N2. The van der Waals surface area contributed by atoms with Gasteiger partial charge in [0, 0.05) is 17.0 Å². The van der Waals surface area contributed by atoms with E-state index in [-0.39, 0.29) is 18.4 Å². The minimum Gasteiger partial charge on any atom is -0.482 e. The molecule has 1 N–H and O–H groups in total. The van der Waals surface area contributed by atoms with Crippen LogP contribution < -0.4 is 10.1 Å². The molecule has 0 saturated carbocycles. The molecular weight excluding hydrogens is 312 g/mol. The van der Waals surface area contributed by atoms with Gasteiger partial charge in [-0.3, -0.25) is 9.59 Å². The van der Waals surface area contributed by atoms with Gasteiger partial charge in [-0.2, -0.15) is 0 Å². The van der Waals surface area contributed by atoms with E-state index in [0.29, 0.717) is 30.1 Å². The molecule has 2 aromatic rings. The van der Waals surface area contributed by atoms with Gasteiger partial charge in [0.25, 0.3) is 11.8 Å². The fraction of sp³-hybridized carbons (Fsp3) is 0.176. The van der Waals surface area contributed by atoms with Gasteiger partial charge >= 0.3 is 0 Å². The summed E-state index contributed by atoms with van der Waals surface area (Å²) in [6.07, 6.45) is 1.71. The summed E-state index contributed by atoms with van der Waals surface area (Å²) >= 11 is 1.61. The third-order valence-corrected chi connectivity index (χ3v) is 4.29. The van der Waals surface area contributed by atoms with Crippen LogP contribution >= 0.6 is 11.3 Å². The van der Waals surface area contributed by atoms with Gasteiger partial charge in [-0.25, -0.2) is 0 Å². The highest BCUT2D eigenvalue weighted by molar-refractivity contribution is 7.09. The molecule has 1 aliphatic heterocycles. The van der Waals surface area contributed by atoms with Gasteiger partial charge in [-0.15, -0.1) is 17.9 Å². The number of nitrogens with one attached hydrogen (secondary N) is 1. The molecule has 0 bridgehead atoms. The van der Waals surface area contributed by atoms with Crippen molar-refractivity contribution in [3.05, 3.63) is 58.8 Å². The summed E-state index contributed by atoms with van der Waals surface area (Å²) in [5.74, 6) is 0.231. The van der Waals surface area contributed by atoms with Crippen LogP contribution in [0.5, 0.6) is 5.75 Å². The van der Waals surface area contributed by atoms with Gasteiger partial charge in [0.2, 0.25) is 0 Å². The smallest absolute Gasteiger partial charge is 0.262 e. The Labute approximate surface area is 138 Å². The number of rotatable bonds is 5. The maximum Gasteiger partial charge on any atom is 0.262 e. The Morgan fingerprint density at radius 2 is 2.30 bits per heavy atom. The van der Waals surface area contributed by atoms with Crippen LogP contribution in [-0.2, 0) is 11.3 Å². The number of ether oxygens (including phenoxy) is 1. The highest BCUT2D eigenvalue weighted by Gasteiger charge is 2.20. The highest BCUT2D eigenvalue weighted by Crippen LogP contribution is 2.29. The molecule has 0 atom stereocenters. The van der Waals surface area contributed by atoms with Gasteiger partial charge in [0.1, 0.15) is 5.75 Å². The zero-order valence-electron chi connectivity index (χ0n) is 12.5. The Morgan fingerprint density at radius 3 is 3.04 bits per heavy atom. The number of hydrogen-bond acceptors (Lipinski definition) is 4. The van der Waals surface area contributed by atoms with Crippen molar-refractivity contribution in [1.29, 1.82) is 0 Å². The van der Waals surface area contributed by atoms with Crippen molar-refractivity contribution in [3.63, 3.8) is 0 Å². The standard InChI is InChI=1S/C17H16N2O3S/c1-2-7-19(10-13-4-3-8-23-13)17(21)12-5-6-14-15(9-12)22-11-16(20)18-14/h2-6,8-9H,1,7,10-11H2,(H,18,20). The number of amides is 2. The van der Waals surface area contributed by atoms with E-state index in [1.165, 1.54) is 0 Å². The predicted molar refractivity (Wildman–Crippen MR) is 89.8 cm³/mol. The number of hydrogen-bond donors (Lipinski definition) is 1. The average molecular weight is 328 g/mol. The minimum absolute atomic E-state index is 0.0315. The van der Waals surface area contributed by atoms with Gasteiger partial charge < -0.3 is 15.0 Å². The van der Waals surface area contributed by atoms with Crippen LogP contribution in [0.1, 0.15) is 15.2 Å². The number of nitrogens with zero attached hydrogens (tertiary/aromatic N) is 1. The molecule has 6 heteroatoms. The summed E-state index contributed by atoms with van der Waals surface area (Å²) in [5.41, 5.74) is 1.12. The summed E-state index contributed by atoms with van der Waals surface area (Å²) in [6, 6.07) is 9.02. The van der Waals surface area contributed by atoms with E-state index in [1.54, 1.807) is 40.5 Å². The van der Waals surface area contributed by atoms with E-state index in [9.17, 15) is 9.59 Å². The van der Waals surface area contributed by atoms with E-state index in [4.69, 9.17) is 4.74 Å². The Balaban J connectivity index is 1.82. The molecule has 1 aliphatic rings. The Kier molecular flexibility index (Phi) is 4.43. The predicted octanol–water partition coefficient (Wildman–Crippen LogP) is 2.91. The zero-order chi connectivity index (χ0) is 16.2. The van der Waals surface area contributed by atoms with Crippen LogP contribution in [0.4, 0.5) is 5.69 Å². The third-order valence-electron chi connectivity index (χ3n) is 3.42. The van der Waals surface area contributed by atoms with Crippen molar-refractivity contribution in [2.75, 3.05) is 18.5 Å². The Bertz CT molecular complexity index is 740. The lowest BCUT2D eigenvalue weighted by Gasteiger charge is -2.22. The number of benzene rings is 1. The highest BCUT2D eigenvalue weighted by atomic mass is 32.1. The lowest BCUT2D eigenvalue weighted by Crippen LogP contribution is -2.31. The van der Waals surface area contributed by atoms with Crippen LogP contribution in [0.15, 0.2) is 48.4 Å². The zero-order valence-corrected chi connectivity index (χ0v) is 13.3. The molecule has 1 aromatic heterocycles. The van der Waals surface area contributed by atoms with Crippen LogP contribution in [-0.4, -0.2) is 29.9 Å². The van der Waals surface area contributed by atoms with Gasteiger partial charge in [-0.05, 0) is 29.6 Å². The minimum atomic E-state index is -0.192. The van der Waals surface area contributed by atoms with E-state index in [1.807, 2.05) is 17.5 Å². The normalized spacial score (nSPS) is 12.8. The topological polar surface area (TPSA) is 58.6 Å². The third kappa shape index (κ3) is 3.43. The Morgan fingerprint density at radius 1 is 1.43 bits per heavy atom. The molecule has 5 nitrogen and oxygen atoms in total. The number of fused-ring (bicyclic) bond motifs is 1. The maximum absolute atomic E-state index is 12.8. The van der Waals surface area contributed by atoms with Crippen molar-refractivity contribution >= 4 is 28.8 Å². The molecule has 0 saturated heterocycles. The monoisotopic (exact) mass is 328 g/mol. The number of carbonyl (C=O) groups excluding carboxylic acids is 2. The van der Waals surface area contributed by atoms with Gasteiger partial charge in [0.15, 0.2) is 6.61 Å². The quantitative estimate of drug-likeness (QED) is 0.859. The van der Waals surface area contributed by atoms with Gasteiger partial charge in [-0.1, -0.05) is 12.1 Å². The first-order valence-electron chi connectivity index (χ1n) is 7.16. The van der Waals surface area contributed by atoms with Crippen molar-refractivity contribution < 1.29 is 14.3 Å². The van der Waals surface area contributed by atoms with Crippen molar-refractivity contribution in [2.45, 2.75) is 6.54 Å². The molecule has 0 spiro atoms. The second-order valence-electron chi connectivity index (χ2n) is 5.10. The van der Waals surface area contributed by atoms with E-state index < -0.39 is 0 Å². The van der Waals surface area contributed by atoms with Crippen LogP contribution in [0, 0.1) is 0 Å². The van der Waals surface area contributed by atoms with Crippen LogP contribution in [0.3, 0.4) is 0 Å². The van der Waals surface area contributed by atoms with Crippen LogP contribution in [0.2, 0.25) is 0 Å². The molecule has 3 rings (SSSR count). The summed E-state index contributed by atoms with van der Waals surface area (Å²) in [6.45, 7) is 4.69. The average Bonchev–Trinajstić information content (AvgIpc) is 3.06. The van der Waals surface area contributed by atoms with E-state index in [2.05, 4.69) is 11.9 Å². The molecule has 0 fully saturated rings. The number of carbonyl (C=O) groups is 2. The molecule has 0 aliphatic carbocycles. The fourth-order valence-corrected chi connectivity index (χ4v) is 3.08. The summed E-state index contributed by atoms with van der Waals surface area (Å²) in [7, 11) is 0. The first kappa shape index (κ1) is 15.3. The molecule has 2 amide bonds. The molecule has 23 heavy (non-hydrogen) atoms. The maximum atomic E-state index is 12.8. The van der Waals surface area contributed by atoms with E-state index >= 15 is 0 Å². The molecule has 118 valence electrons. The fourth-order valence-electron chi connectivity index (χ4n) is 2.36. The number of anilines is 1. The summed E-state index contributed by atoms with van der Waals surface area (Å²) in [5, 5.41) is 4.70. The molecular formula is C17H16N2O3S. The molecule has 1 aromatic carbocycles. The van der Waals surface area contributed by atoms with Crippen LogP contribution in [0.25, 0.3) is 0 Å². The lowest BCUT2D eigenvalue weighted by atomic mass is 10.1. The molecule has 0 radical (unpaired) electrons. The van der Waals surface area contributed by atoms with Crippen molar-refractivity contribution in [3.8, 4) is 5.75 Å². The largest absolute Gasteiger partial charge is 0.482 e. The second-order valence-corrected chi connectivity index (χ2v) is 6.13. The van der Waals surface area contributed by atoms with Gasteiger partial charge in [0.05, 0.1) is 12.2 Å². The molecule has 2 heterocycles.